The Bertz CT molecular complexity index is 887. The molecule has 8 heteroatoms. The summed E-state index contributed by atoms with van der Waals surface area (Å²) >= 11 is 10.8. The summed E-state index contributed by atoms with van der Waals surface area (Å²) in [4.78, 5) is 23.2. The molecular formula is C16H13BrClN3O2S. The van der Waals surface area contributed by atoms with Gasteiger partial charge in [-0.25, -0.2) is 9.97 Å². The molecule has 2 aromatic heterocycles. The molecule has 0 bridgehead atoms. The predicted octanol–water partition coefficient (Wildman–Crippen LogP) is 4.14. The number of carbonyl (C=O) groups is 1. The van der Waals surface area contributed by atoms with Crippen molar-refractivity contribution in [3.05, 3.63) is 50.3 Å². The van der Waals surface area contributed by atoms with E-state index in [1.165, 1.54) is 17.7 Å². The van der Waals surface area contributed by atoms with Gasteiger partial charge < -0.3 is 9.64 Å². The lowest BCUT2D eigenvalue weighted by Gasteiger charge is -2.16. The summed E-state index contributed by atoms with van der Waals surface area (Å²) in [6.45, 7) is 0.407. The van der Waals surface area contributed by atoms with Crippen molar-refractivity contribution < 1.29 is 9.53 Å². The van der Waals surface area contributed by atoms with Crippen LogP contribution in [0.4, 0.5) is 0 Å². The zero-order valence-electron chi connectivity index (χ0n) is 12.7. The third-order valence-corrected chi connectivity index (χ3v) is 5.05. The number of hydrogen-bond acceptors (Lipinski definition) is 5. The number of fused-ring (bicyclic) bond motifs is 1. The molecule has 24 heavy (non-hydrogen) atoms. The maximum Gasteiger partial charge on any atom is 0.260 e. The molecule has 5 nitrogen and oxygen atoms in total. The van der Waals surface area contributed by atoms with Crippen LogP contribution in [0.2, 0.25) is 4.34 Å². The molecule has 0 aliphatic heterocycles. The van der Waals surface area contributed by atoms with Crippen LogP contribution in [0.5, 0.6) is 5.88 Å². The molecule has 3 rings (SSSR count). The summed E-state index contributed by atoms with van der Waals surface area (Å²) in [5, 5.41) is 0.757. The first kappa shape index (κ1) is 17.1. The Hall–Kier alpha value is -1.70. The van der Waals surface area contributed by atoms with Crippen molar-refractivity contribution in [2.45, 2.75) is 6.54 Å². The second kappa shape index (κ2) is 7.46. The number of halogens is 2. The van der Waals surface area contributed by atoms with E-state index in [4.69, 9.17) is 16.3 Å². The standard InChI is InChI=1S/C16H13BrClN3O2S/c1-21(7-11-3-5-14(18)24-11)15(22)8-23-16-12-6-10(17)2-4-13(12)19-9-20-16/h2-6,9H,7-8H2,1H3. The zero-order valence-corrected chi connectivity index (χ0v) is 15.9. The van der Waals surface area contributed by atoms with E-state index in [0.717, 1.165) is 20.3 Å². The van der Waals surface area contributed by atoms with Gasteiger partial charge in [-0.3, -0.25) is 4.79 Å². The Kier molecular flexibility index (Phi) is 5.33. The molecule has 0 fully saturated rings. The van der Waals surface area contributed by atoms with Gasteiger partial charge in [-0.1, -0.05) is 27.5 Å². The number of thiophene rings is 1. The molecule has 124 valence electrons. The average Bonchev–Trinajstić information content (AvgIpc) is 2.97. The number of rotatable bonds is 5. The first-order chi connectivity index (χ1) is 11.5. The highest BCUT2D eigenvalue weighted by molar-refractivity contribution is 9.10. The van der Waals surface area contributed by atoms with E-state index in [1.54, 1.807) is 11.9 Å². The van der Waals surface area contributed by atoms with E-state index in [2.05, 4.69) is 25.9 Å². The van der Waals surface area contributed by atoms with E-state index in [-0.39, 0.29) is 12.5 Å². The van der Waals surface area contributed by atoms with Gasteiger partial charge in [0.2, 0.25) is 5.88 Å². The van der Waals surface area contributed by atoms with Gasteiger partial charge in [0, 0.05) is 16.4 Å². The van der Waals surface area contributed by atoms with E-state index in [0.29, 0.717) is 16.8 Å². The van der Waals surface area contributed by atoms with Crippen molar-refractivity contribution >= 4 is 55.7 Å². The fourth-order valence-corrected chi connectivity index (χ4v) is 3.62. The fraction of sp³-hybridized carbons (Fsp3) is 0.188. The minimum absolute atomic E-state index is 0.0891. The van der Waals surface area contributed by atoms with Gasteiger partial charge >= 0.3 is 0 Å². The van der Waals surface area contributed by atoms with Gasteiger partial charge in [0.1, 0.15) is 6.33 Å². The number of carbonyl (C=O) groups excluding carboxylic acids is 1. The van der Waals surface area contributed by atoms with Gasteiger partial charge in [-0.2, -0.15) is 0 Å². The van der Waals surface area contributed by atoms with Crippen molar-refractivity contribution in [2.75, 3.05) is 13.7 Å². The minimum Gasteiger partial charge on any atom is -0.467 e. The largest absolute Gasteiger partial charge is 0.467 e. The highest BCUT2D eigenvalue weighted by atomic mass is 79.9. The molecule has 0 unspecified atom stereocenters. The van der Waals surface area contributed by atoms with Crippen LogP contribution in [0.25, 0.3) is 10.9 Å². The molecule has 0 aliphatic carbocycles. The average molecular weight is 427 g/mol. The summed E-state index contributed by atoms with van der Waals surface area (Å²) < 4.78 is 7.22. The van der Waals surface area contributed by atoms with Crippen molar-refractivity contribution in [3.63, 3.8) is 0 Å². The SMILES string of the molecule is CN(Cc1ccc(Cl)s1)C(=O)COc1ncnc2ccc(Br)cc12. The number of benzene rings is 1. The molecule has 3 aromatic rings. The second-order valence-electron chi connectivity index (χ2n) is 5.08. The number of aromatic nitrogens is 2. The van der Waals surface area contributed by atoms with Crippen molar-refractivity contribution in [1.82, 2.24) is 14.9 Å². The predicted molar refractivity (Wildman–Crippen MR) is 98.5 cm³/mol. The molecule has 0 spiro atoms. The third kappa shape index (κ3) is 4.03. The molecule has 1 aromatic carbocycles. The first-order valence-corrected chi connectivity index (χ1v) is 9.03. The van der Waals surface area contributed by atoms with Crippen LogP contribution in [0.15, 0.2) is 41.1 Å². The Morgan fingerprint density at radius 1 is 1.33 bits per heavy atom. The zero-order chi connectivity index (χ0) is 17.1. The molecule has 0 saturated carbocycles. The van der Waals surface area contributed by atoms with Crippen molar-refractivity contribution in [2.24, 2.45) is 0 Å². The summed E-state index contributed by atoms with van der Waals surface area (Å²) in [5.74, 6) is 0.253. The van der Waals surface area contributed by atoms with E-state index < -0.39 is 0 Å². The van der Waals surface area contributed by atoms with Gasteiger partial charge in [-0.15, -0.1) is 11.3 Å². The van der Waals surface area contributed by atoms with Gasteiger partial charge in [0.05, 0.1) is 21.8 Å². The molecule has 1 amide bonds. The summed E-state index contributed by atoms with van der Waals surface area (Å²) in [7, 11) is 1.73. The number of nitrogens with zero attached hydrogens (tertiary/aromatic N) is 3. The van der Waals surface area contributed by atoms with E-state index in [9.17, 15) is 4.79 Å². The van der Waals surface area contributed by atoms with Crippen LogP contribution < -0.4 is 4.74 Å². The number of ether oxygens (including phenoxy) is 1. The minimum atomic E-state index is -0.138. The maximum atomic E-state index is 12.3. The molecule has 0 aliphatic rings. The van der Waals surface area contributed by atoms with Crippen molar-refractivity contribution in [1.29, 1.82) is 0 Å². The number of hydrogen-bond donors (Lipinski definition) is 0. The fourth-order valence-electron chi connectivity index (χ4n) is 2.12. The molecule has 0 N–H and O–H groups in total. The lowest BCUT2D eigenvalue weighted by atomic mass is 10.2. The molecular weight excluding hydrogens is 414 g/mol. The molecule has 2 heterocycles. The quantitative estimate of drug-likeness (QED) is 0.615. The van der Waals surface area contributed by atoms with Crippen molar-refractivity contribution in [3.8, 4) is 5.88 Å². The van der Waals surface area contributed by atoms with E-state index >= 15 is 0 Å². The first-order valence-electron chi connectivity index (χ1n) is 7.04. The Morgan fingerprint density at radius 2 is 2.17 bits per heavy atom. The monoisotopic (exact) mass is 425 g/mol. The van der Waals surface area contributed by atoms with Crippen LogP contribution in [0, 0.1) is 0 Å². The van der Waals surface area contributed by atoms with Crippen LogP contribution >= 0.6 is 38.9 Å². The van der Waals surface area contributed by atoms with Crippen LogP contribution in [0.3, 0.4) is 0 Å². The normalized spacial score (nSPS) is 10.8. The Morgan fingerprint density at radius 3 is 2.92 bits per heavy atom. The van der Waals surface area contributed by atoms with Crippen LogP contribution in [0.1, 0.15) is 4.88 Å². The molecule has 0 atom stereocenters. The highest BCUT2D eigenvalue weighted by Crippen LogP contribution is 2.25. The van der Waals surface area contributed by atoms with Gasteiger partial charge in [-0.05, 0) is 30.3 Å². The second-order valence-corrected chi connectivity index (χ2v) is 7.80. The molecule has 0 radical (unpaired) electrons. The maximum absolute atomic E-state index is 12.3. The summed E-state index contributed by atoms with van der Waals surface area (Å²) in [6, 6.07) is 9.35. The smallest absolute Gasteiger partial charge is 0.260 e. The lowest BCUT2D eigenvalue weighted by Crippen LogP contribution is -2.30. The topological polar surface area (TPSA) is 55.3 Å². The third-order valence-electron chi connectivity index (χ3n) is 3.34. The van der Waals surface area contributed by atoms with Gasteiger partial charge in [0.25, 0.3) is 5.91 Å². The Labute approximate surface area is 156 Å². The lowest BCUT2D eigenvalue weighted by molar-refractivity contribution is -0.132. The summed E-state index contributed by atoms with van der Waals surface area (Å²) in [5.41, 5.74) is 0.761. The van der Waals surface area contributed by atoms with Crippen LogP contribution in [-0.2, 0) is 11.3 Å². The molecule has 0 saturated heterocycles. The van der Waals surface area contributed by atoms with E-state index in [1.807, 2.05) is 30.3 Å². The van der Waals surface area contributed by atoms with Crippen LogP contribution in [-0.4, -0.2) is 34.4 Å². The Balaban J connectivity index is 1.67. The van der Waals surface area contributed by atoms with Gasteiger partial charge in [0.15, 0.2) is 6.61 Å². The summed E-state index contributed by atoms with van der Waals surface area (Å²) in [6.07, 6.45) is 1.42. The number of amides is 1. The highest BCUT2D eigenvalue weighted by Gasteiger charge is 2.13. The number of likely N-dealkylation sites (N-methyl/N-ethyl adjacent to an activating group) is 1.